The van der Waals surface area contributed by atoms with Gasteiger partial charge in [-0.05, 0) is 49.9 Å². The maximum Gasteiger partial charge on any atom is 0.322 e. The summed E-state index contributed by atoms with van der Waals surface area (Å²) >= 11 is 5.96. The fraction of sp³-hybridized carbons (Fsp3) is 0.412. The number of amides is 2. The van der Waals surface area contributed by atoms with Gasteiger partial charge in [-0.2, -0.15) is 5.10 Å². The Morgan fingerprint density at radius 1 is 1.17 bits per heavy atom. The van der Waals surface area contributed by atoms with Crippen LogP contribution in [0.5, 0.6) is 0 Å². The third-order valence-corrected chi connectivity index (χ3v) is 5.18. The van der Waals surface area contributed by atoms with Crippen LogP contribution in [0, 0.1) is 5.82 Å². The summed E-state index contributed by atoms with van der Waals surface area (Å²) in [4.78, 5) is 14.6. The largest absolute Gasteiger partial charge is 0.322 e. The normalized spacial score (nSPS) is 25.8. The number of carbonyl (C=O) groups is 1. The van der Waals surface area contributed by atoms with Crippen molar-refractivity contribution in [3.8, 4) is 0 Å². The smallest absolute Gasteiger partial charge is 0.318 e. The van der Waals surface area contributed by atoms with E-state index in [1.54, 1.807) is 18.3 Å². The molecule has 2 aliphatic rings. The molecule has 3 heterocycles. The molecule has 5 nitrogen and oxygen atoms in total. The second kappa shape index (κ2) is 6.09. The van der Waals surface area contributed by atoms with E-state index in [2.05, 4.69) is 10.4 Å². The second-order valence-corrected chi connectivity index (χ2v) is 6.93. The first-order valence-corrected chi connectivity index (χ1v) is 8.52. The SMILES string of the molecule is O=C(Nc1ccc(F)cc1)N1C2CCC1CC(n1cc(Cl)cn1)C2. The van der Waals surface area contributed by atoms with Crippen LogP contribution in [0.1, 0.15) is 31.7 Å². The summed E-state index contributed by atoms with van der Waals surface area (Å²) in [5.74, 6) is -0.313. The highest BCUT2D eigenvalue weighted by Gasteiger charge is 2.44. The molecule has 0 spiro atoms. The van der Waals surface area contributed by atoms with Gasteiger partial charge in [0, 0.05) is 24.0 Å². The molecular formula is C17H18ClFN4O. The number of nitrogens with zero attached hydrogens (tertiary/aromatic N) is 3. The Morgan fingerprint density at radius 2 is 1.83 bits per heavy atom. The van der Waals surface area contributed by atoms with Gasteiger partial charge < -0.3 is 10.2 Å². The molecule has 2 bridgehead atoms. The van der Waals surface area contributed by atoms with Gasteiger partial charge in [0.1, 0.15) is 5.82 Å². The second-order valence-electron chi connectivity index (χ2n) is 6.49. The van der Waals surface area contributed by atoms with Crippen molar-refractivity contribution < 1.29 is 9.18 Å². The van der Waals surface area contributed by atoms with Crippen LogP contribution in [0.15, 0.2) is 36.7 Å². The highest BCUT2D eigenvalue weighted by molar-refractivity contribution is 6.30. The maximum atomic E-state index is 13.0. The quantitative estimate of drug-likeness (QED) is 0.889. The first kappa shape index (κ1) is 15.4. The summed E-state index contributed by atoms with van der Waals surface area (Å²) in [6, 6.07) is 6.43. The lowest BCUT2D eigenvalue weighted by molar-refractivity contribution is 0.129. The van der Waals surface area contributed by atoms with Gasteiger partial charge in [-0.25, -0.2) is 9.18 Å². The van der Waals surface area contributed by atoms with E-state index in [9.17, 15) is 9.18 Å². The molecule has 2 fully saturated rings. The molecule has 1 N–H and O–H groups in total. The van der Waals surface area contributed by atoms with Crippen LogP contribution in [0.25, 0.3) is 0 Å². The van der Waals surface area contributed by atoms with Crippen molar-refractivity contribution in [3.05, 3.63) is 47.5 Å². The van der Waals surface area contributed by atoms with Crippen LogP contribution in [-0.2, 0) is 0 Å². The van der Waals surface area contributed by atoms with Gasteiger partial charge in [0.05, 0.1) is 17.3 Å². The molecule has 4 rings (SSSR count). The number of hydrogen-bond acceptors (Lipinski definition) is 2. The minimum Gasteiger partial charge on any atom is -0.318 e. The maximum absolute atomic E-state index is 13.0. The molecule has 0 aliphatic carbocycles. The number of piperidine rings is 1. The monoisotopic (exact) mass is 348 g/mol. The van der Waals surface area contributed by atoms with E-state index in [1.807, 2.05) is 15.8 Å². The summed E-state index contributed by atoms with van der Waals surface area (Å²) in [5, 5.41) is 7.83. The van der Waals surface area contributed by atoms with Crippen LogP contribution < -0.4 is 5.32 Å². The first-order chi connectivity index (χ1) is 11.6. The summed E-state index contributed by atoms with van der Waals surface area (Å²) in [6.45, 7) is 0. The Kier molecular flexibility index (Phi) is 3.92. The zero-order valence-corrected chi connectivity index (χ0v) is 13.8. The number of urea groups is 1. The fourth-order valence-corrected chi connectivity index (χ4v) is 4.08. The lowest BCUT2D eigenvalue weighted by Crippen LogP contribution is -2.48. The molecule has 7 heteroatoms. The lowest BCUT2D eigenvalue weighted by atomic mass is 9.98. The van der Waals surface area contributed by atoms with Gasteiger partial charge in [0.25, 0.3) is 0 Å². The molecule has 1 aromatic carbocycles. The van der Waals surface area contributed by atoms with Crippen LogP contribution >= 0.6 is 11.6 Å². The molecule has 24 heavy (non-hydrogen) atoms. The van der Waals surface area contributed by atoms with Crippen LogP contribution in [0.4, 0.5) is 14.9 Å². The number of anilines is 1. The van der Waals surface area contributed by atoms with Crippen molar-refractivity contribution in [2.45, 2.75) is 43.8 Å². The number of fused-ring (bicyclic) bond motifs is 2. The van der Waals surface area contributed by atoms with E-state index in [1.165, 1.54) is 12.1 Å². The molecule has 0 radical (unpaired) electrons. The third-order valence-electron chi connectivity index (χ3n) is 4.98. The van der Waals surface area contributed by atoms with Crippen molar-refractivity contribution in [3.63, 3.8) is 0 Å². The number of aromatic nitrogens is 2. The van der Waals surface area contributed by atoms with Gasteiger partial charge in [0.15, 0.2) is 0 Å². The molecule has 2 saturated heterocycles. The zero-order valence-electron chi connectivity index (χ0n) is 13.0. The molecule has 126 valence electrons. The molecule has 2 aromatic rings. The van der Waals surface area contributed by atoms with Gasteiger partial charge in [-0.15, -0.1) is 0 Å². The highest BCUT2D eigenvalue weighted by Crippen LogP contribution is 2.41. The highest BCUT2D eigenvalue weighted by atomic mass is 35.5. The zero-order chi connectivity index (χ0) is 16.7. The Balaban J connectivity index is 1.46. The third kappa shape index (κ3) is 2.86. The average molecular weight is 349 g/mol. The minimum absolute atomic E-state index is 0.106. The Hall–Kier alpha value is -2.08. The summed E-state index contributed by atoms with van der Waals surface area (Å²) < 4.78 is 14.9. The Morgan fingerprint density at radius 3 is 2.42 bits per heavy atom. The van der Waals surface area contributed by atoms with Crippen LogP contribution in [-0.4, -0.2) is 32.8 Å². The molecule has 2 amide bonds. The van der Waals surface area contributed by atoms with Crippen LogP contribution in [0.2, 0.25) is 5.02 Å². The van der Waals surface area contributed by atoms with Crippen LogP contribution in [0.3, 0.4) is 0 Å². The molecule has 2 unspecified atom stereocenters. The van der Waals surface area contributed by atoms with E-state index in [0.29, 0.717) is 10.7 Å². The topological polar surface area (TPSA) is 50.2 Å². The molecule has 0 saturated carbocycles. The number of benzene rings is 1. The van der Waals surface area contributed by atoms with Crippen molar-refractivity contribution in [1.82, 2.24) is 14.7 Å². The number of carbonyl (C=O) groups excluding carboxylic acids is 1. The standard InChI is InChI=1S/C17H18ClFN4O/c18-11-9-20-22(10-11)16-7-14-5-6-15(8-16)23(14)17(24)21-13-3-1-12(19)2-4-13/h1-4,9-10,14-16H,5-8H2,(H,21,24). The number of halogens is 2. The van der Waals surface area contributed by atoms with Crippen molar-refractivity contribution in [2.24, 2.45) is 0 Å². The van der Waals surface area contributed by atoms with Gasteiger partial charge in [-0.1, -0.05) is 11.6 Å². The lowest BCUT2D eigenvalue weighted by Gasteiger charge is -2.38. The fourth-order valence-electron chi connectivity index (χ4n) is 3.93. The molecule has 2 aliphatic heterocycles. The van der Waals surface area contributed by atoms with Gasteiger partial charge in [-0.3, -0.25) is 4.68 Å². The molecule has 2 atom stereocenters. The summed E-state index contributed by atoms with van der Waals surface area (Å²) in [5.41, 5.74) is 0.613. The van der Waals surface area contributed by atoms with Crippen molar-refractivity contribution in [1.29, 1.82) is 0 Å². The molecular weight excluding hydrogens is 331 g/mol. The Bertz CT molecular complexity index is 733. The number of hydrogen-bond donors (Lipinski definition) is 1. The average Bonchev–Trinajstić information content (AvgIpc) is 3.11. The van der Waals surface area contributed by atoms with E-state index in [4.69, 9.17) is 11.6 Å². The number of rotatable bonds is 2. The first-order valence-electron chi connectivity index (χ1n) is 8.14. The minimum atomic E-state index is -0.313. The predicted molar refractivity (Wildman–Crippen MR) is 89.6 cm³/mol. The van der Waals surface area contributed by atoms with E-state index in [-0.39, 0.29) is 30.0 Å². The van der Waals surface area contributed by atoms with E-state index in [0.717, 1.165) is 25.7 Å². The van der Waals surface area contributed by atoms with Crippen molar-refractivity contribution >= 4 is 23.3 Å². The number of nitrogens with one attached hydrogen (secondary N) is 1. The predicted octanol–water partition coefficient (Wildman–Crippen LogP) is 4.08. The van der Waals surface area contributed by atoms with Gasteiger partial charge in [0.2, 0.25) is 0 Å². The van der Waals surface area contributed by atoms with Crippen molar-refractivity contribution in [2.75, 3.05) is 5.32 Å². The molecule has 1 aromatic heterocycles. The Labute approximate surface area is 144 Å². The van der Waals surface area contributed by atoms with E-state index < -0.39 is 0 Å². The van der Waals surface area contributed by atoms with E-state index >= 15 is 0 Å². The van der Waals surface area contributed by atoms with Gasteiger partial charge >= 0.3 is 6.03 Å². The summed E-state index contributed by atoms with van der Waals surface area (Å²) in [6.07, 6.45) is 7.27. The summed E-state index contributed by atoms with van der Waals surface area (Å²) in [7, 11) is 0.